The Bertz CT molecular complexity index is 811. The molecule has 0 atom stereocenters. The second-order valence-corrected chi connectivity index (χ2v) is 9.31. The van der Waals surface area contributed by atoms with Crippen LogP contribution in [0, 0.1) is 0 Å². The predicted molar refractivity (Wildman–Crippen MR) is 116 cm³/mol. The number of rotatable bonds is 2. The van der Waals surface area contributed by atoms with Gasteiger partial charge in [0.05, 0.1) is 36.2 Å². The van der Waals surface area contributed by atoms with Gasteiger partial charge in [-0.05, 0) is 51.7 Å². The summed E-state index contributed by atoms with van der Waals surface area (Å²) in [5.41, 5.74) is 3.87. The second-order valence-electron chi connectivity index (χ2n) is 6.56. The summed E-state index contributed by atoms with van der Waals surface area (Å²) >= 11 is 7.09. The van der Waals surface area contributed by atoms with Crippen molar-refractivity contribution in [3.8, 4) is 9.75 Å². The van der Waals surface area contributed by atoms with Gasteiger partial charge in [-0.3, -0.25) is 4.90 Å². The first-order valence-electron chi connectivity index (χ1n) is 9.05. The van der Waals surface area contributed by atoms with E-state index in [0.29, 0.717) is 13.2 Å². The molecule has 1 aliphatic heterocycles. The quantitative estimate of drug-likeness (QED) is 0.479. The van der Waals surface area contributed by atoms with Crippen molar-refractivity contribution < 1.29 is 9.47 Å². The van der Waals surface area contributed by atoms with Gasteiger partial charge >= 0.3 is 0 Å². The summed E-state index contributed by atoms with van der Waals surface area (Å²) in [5, 5.41) is 4.31. The molecule has 3 nitrogen and oxygen atoms in total. The maximum Gasteiger partial charge on any atom is 0.0732 e. The van der Waals surface area contributed by atoms with E-state index in [2.05, 4.69) is 68.0 Å². The molecular weight excluding hydrogens is 442 g/mol. The number of hydrogen-bond donors (Lipinski definition) is 0. The average molecular weight is 464 g/mol. The summed E-state index contributed by atoms with van der Waals surface area (Å²) in [5.74, 6) is 0. The van der Waals surface area contributed by atoms with Crippen LogP contribution in [-0.4, -0.2) is 31.2 Å². The van der Waals surface area contributed by atoms with Crippen molar-refractivity contribution in [1.82, 2.24) is 4.90 Å². The molecule has 0 unspecified atom stereocenters. The summed E-state index contributed by atoms with van der Waals surface area (Å²) in [6, 6.07) is 12.9. The van der Waals surface area contributed by atoms with E-state index in [-0.39, 0.29) is 0 Å². The van der Waals surface area contributed by atoms with Crippen molar-refractivity contribution in [2.75, 3.05) is 26.3 Å². The molecule has 0 bridgehead atoms. The number of fused-ring (bicyclic) bond motifs is 3. The van der Waals surface area contributed by atoms with Crippen LogP contribution in [0.2, 0.25) is 0 Å². The number of nitrogens with zero attached hydrogens (tertiary/aromatic N) is 1. The van der Waals surface area contributed by atoms with Crippen LogP contribution in [0.25, 0.3) is 9.75 Å². The minimum absolute atomic E-state index is 0.670. The first-order valence-corrected chi connectivity index (χ1v) is 11.6. The summed E-state index contributed by atoms with van der Waals surface area (Å²) < 4.78 is 13.2. The van der Waals surface area contributed by atoms with Gasteiger partial charge in [0, 0.05) is 24.1 Å². The van der Waals surface area contributed by atoms with Crippen molar-refractivity contribution in [3.05, 3.63) is 68.3 Å². The Morgan fingerprint density at radius 1 is 0.815 bits per heavy atom. The summed E-state index contributed by atoms with van der Waals surface area (Å²) in [4.78, 5) is 5.06. The molecule has 3 heterocycles. The summed E-state index contributed by atoms with van der Waals surface area (Å²) in [6.07, 6.45) is 0. The van der Waals surface area contributed by atoms with Crippen LogP contribution in [-0.2, 0) is 29.2 Å². The van der Waals surface area contributed by atoms with E-state index in [1.807, 2.05) is 0 Å². The highest BCUT2D eigenvalue weighted by Gasteiger charge is 2.15. The van der Waals surface area contributed by atoms with Gasteiger partial charge in [-0.25, -0.2) is 0 Å². The number of benzene rings is 1. The third kappa shape index (κ3) is 5.08. The molecule has 1 aliphatic rings. The number of hydrogen-bond acceptors (Lipinski definition) is 5. The van der Waals surface area contributed by atoms with Crippen LogP contribution in [0.15, 0.2) is 51.6 Å². The Kier molecular flexibility index (Phi) is 6.76. The van der Waals surface area contributed by atoms with Crippen LogP contribution in [0.3, 0.4) is 0 Å². The minimum atomic E-state index is 0.670. The molecule has 0 radical (unpaired) electrons. The predicted octanol–water partition coefficient (Wildman–Crippen LogP) is 5.79. The summed E-state index contributed by atoms with van der Waals surface area (Å²) in [7, 11) is 0. The minimum Gasteiger partial charge on any atom is -0.375 e. The largest absolute Gasteiger partial charge is 0.375 e. The van der Waals surface area contributed by atoms with Gasteiger partial charge in [-0.2, -0.15) is 0 Å². The second kappa shape index (κ2) is 9.45. The lowest BCUT2D eigenvalue weighted by Gasteiger charge is -2.22. The molecule has 0 fully saturated rings. The van der Waals surface area contributed by atoms with Crippen LogP contribution in [0.5, 0.6) is 0 Å². The van der Waals surface area contributed by atoms with Gasteiger partial charge in [0.25, 0.3) is 0 Å². The molecule has 0 spiro atoms. The molecule has 142 valence electrons. The lowest BCUT2D eigenvalue weighted by atomic mass is 10.2. The zero-order chi connectivity index (χ0) is 18.5. The van der Waals surface area contributed by atoms with E-state index >= 15 is 0 Å². The monoisotopic (exact) mass is 463 g/mol. The van der Waals surface area contributed by atoms with Crippen molar-refractivity contribution in [2.45, 2.75) is 19.8 Å². The van der Waals surface area contributed by atoms with E-state index in [0.717, 1.165) is 37.3 Å². The van der Waals surface area contributed by atoms with E-state index in [1.165, 1.54) is 26.4 Å². The smallest absolute Gasteiger partial charge is 0.0732 e. The third-order valence-corrected chi connectivity index (χ3v) is 7.24. The molecule has 27 heavy (non-hydrogen) atoms. The molecule has 0 saturated heterocycles. The zero-order valence-corrected chi connectivity index (χ0v) is 18.2. The number of thiophene rings is 2. The molecule has 4 rings (SSSR count). The van der Waals surface area contributed by atoms with Gasteiger partial charge in [-0.15, -0.1) is 22.7 Å². The zero-order valence-electron chi connectivity index (χ0n) is 15.0. The molecule has 6 heteroatoms. The maximum absolute atomic E-state index is 6.03. The lowest BCUT2D eigenvalue weighted by Crippen LogP contribution is -2.30. The Labute approximate surface area is 176 Å². The van der Waals surface area contributed by atoms with Gasteiger partial charge in [0.15, 0.2) is 0 Å². The molecule has 0 amide bonds. The molecule has 0 saturated carbocycles. The maximum atomic E-state index is 6.03. The van der Waals surface area contributed by atoms with E-state index < -0.39 is 0 Å². The Morgan fingerprint density at radius 3 is 1.93 bits per heavy atom. The van der Waals surface area contributed by atoms with Crippen molar-refractivity contribution in [3.63, 3.8) is 0 Å². The van der Waals surface area contributed by atoms with Crippen molar-refractivity contribution >= 4 is 38.6 Å². The van der Waals surface area contributed by atoms with E-state index in [1.54, 1.807) is 22.7 Å². The van der Waals surface area contributed by atoms with Crippen LogP contribution >= 0.6 is 38.6 Å². The molecule has 0 N–H and O–H groups in total. The fourth-order valence-corrected chi connectivity index (χ4v) is 5.49. The summed E-state index contributed by atoms with van der Waals surface area (Å²) in [6.45, 7) is 5.51. The molecule has 1 aromatic carbocycles. The first-order chi connectivity index (χ1) is 13.3. The Balaban J connectivity index is 1.46. The third-order valence-electron chi connectivity index (χ3n) is 4.64. The topological polar surface area (TPSA) is 21.7 Å². The SMILES string of the molecule is Brc1ccc(CN2CCOCc3ccsc3-c3sccc3COCC2)cc1. The molecule has 2 aromatic heterocycles. The fraction of sp³-hybridized carbons (Fsp3) is 0.333. The molecular formula is C21H22BrNO2S2. The van der Waals surface area contributed by atoms with Crippen LogP contribution < -0.4 is 0 Å². The Hall–Kier alpha value is -1.02. The molecule has 3 aromatic rings. The van der Waals surface area contributed by atoms with Crippen LogP contribution in [0.1, 0.15) is 16.7 Å². The highest BCUT2D eigenvalue weighted by atomic mass is 79.9. The van der Waals surface area contributed by atoms with Crippen molar-refractivity contribution in [2.24, 2.45) is 0 Å². The normalized spacial score (nSPS) is 16.6. The fourth-order valence-electron chi connectivity index (χ4n) is 3.17. The first kappa shape index (κ1) is 19.3. The lowest BCUT2D eigenvalue weighted by molar-refractivity contribution is 0.0623. The van der Waals surface area contributed by atoms with Crippen molar-refractivity contribution in [1.29, 1.82) is 0 Å². The highest BCUT2D eigenvalue weighted by molar-refractivity contribution is 9.10. The van der Waals surface area contributed by atoms with Gasteiger partial charge in [0.1, 0.15) is 0 Å². The van der Waals surface area contributed by atoms with Gasteiger partial charge in [-0.1, -0.05) is 28.1 Å². The number of ether oxygens (including phenoxy) is 2. The number of halogens is 1. The van der Waals surface area contributed by atoms with E-state index in [9.17, 15) is 0 Å². The van der Waals surface area contributed by atoms with Gasteiger partial charge < -0.3 is 9.47 Å². The highest BCUT2D eigenvalue weighted by Crippen LogP contribution is 2.37. The van der Waals surface area contributed by atoms with E-state index in [4.69, 9.17) is 9.47 Å². The standard InChI is InChI=1S/C21H22BrNO2S2/c22-19-3-1-16(2-4-19)13-23-7-9-24-14-17-5-11-26-20(17)21-18(6-12-27-21)15-25-10-8-23/h1-6,11-12H,7-10,13-15H2. The van der Waals surface area contributed by atoms with Crippen LogP contribution in [0.4, 0.5) is 0 Å². The van der Waals surface area contributed by atoms with Gasteiger partial charge in [0.2, 0.25) is 0 Å². The Morgan fingerprint density at radius 2 is 1.37 bits per heavy atom. The average Bonchev–Trinajstić information content (AvgIpc) is 3.31. The molecule has 0 aliphatic carbocycles.